The zero-order valence-corrected chi connectivity index (χ0v) is 7.97. The fraction of sp³-hybridized carbons (Fsp3) is 1.00. The average molecular weight is 178 g/mol. The van der Waals surface area contributed by atoms with Gasteiger partial charge in [-0.1, -0.05) is 19.0 Å². The fourth-order valence-electron chi connectivity index (χ4n) is 0.888. The van der Waals surface area contributed by atoms with Crippen molar-refractivity contribution in [1.82, 2.24) is 0 Å². The Labute approximate surface area is 73.3 Å². The van der Waals surface area contributed by atoms with Gasteiger partial charge < -0.3 is 0 Å². The number of halogens is 1. The molecular formula is C8H16ClNO. The van der Waals surface area contributed by atoms with Crippen LogP contribution in [0.15, 0.2) is 5.18 Å². The average Bonchev–Trinajstić information content (AvgIpc) is 2.01. The monoisotopic (exact) mass is 177 g/mol. The molecule has 0 rings (SSSR count). The lowest BCUT2D eigenvalue weighted by Gasteiger charge is -2.09. The Morgan fingerprint density at radius 2 is 2.09 bits per heavy atom. The molecule has 0 aromatic heterocycles. The van der Waals surface area contributed by atoms with Crippen LogP contribution in [0.5, 0.6) is 0 Å². The zero-order chi connectivity index (χ0) is 8.69. The van der Waals surface area contributed by atoms with Crippen LogP contribution in [-0.2, 0) is 0 Å². The molecule has 0 aliphatic heterocycles. The van der Waals surface area contributed by atoms with Crippen LogP contribution in [0.3, 0.4) is 0 Å². The van der Waals surface area contributed by atoms with Gasteiger partial charge in [0.25, 0.3) is 0 Å². The first-order chi connectivity index (χ1) is 5.20. The van der Waals surface area contributed by atoms with Crippen molar-refractivity contribution in [1.29, 1.82) is 0 Å². The topological polar surface area (TPSA) is 29.4 Å². The Morgan fingerprint density at radius 3 is 2.55 bits per heavy atom. The molecule has 0 amide bonds. The third kappa shape index (κ3) is 6.29. The van der Waals surface area contributed by atoms with Crippen molar-refractivity contribution in [3.8, 4) is 0 Å². The first-order valence-electron chi connectivity index (χ1n) is 4.13. The number of rotatable bonds is 6. The Balaban J connectivity index is 3.29. The quantitative estimate of drug-likeness (QED) is 0.453. The van der Waals surface area contributed by atoms with Crippen LogP contribution in [0.4, 0.5) is 0 Å². The molecule has 0 spiro atoms. The molecule has 0 fully saturated rings. The third-order valence-electron chi connectivity index (χ3n) is 1.80. The summed E-state index contributed by atoms with van der Waals surface area (Å²) in [5, 5.41) is 3.11. The fourth-order valence-corrected chi connectivity index (χ4v) is 1.01. The van der Waals surface area contributed by atoms with Gasteiger partial charge in [-0.05, 0) is 25.2 Å². The highest BCUT2D eigenvalue weighted by atomic mass is 35.5. The van der Waals surface area contributed by atoms with E-state index < -0.39 is 0 Å². The smallest absolute Gasteiger partial charge is 0.0836 e. The summed E-state index contributed by atoms with van der Waals surface area (Å²) in [5.74, 6) is 0.389. The second-order valence-corrected chi connectivity index (χ2v) is 3.62. The molecular weight excluding hydrogens is 162 g/mol. The molecule has 66 valence electrons. The predicted octanol–water partition coefficient (Wildman–Crippen LogP) is 3.19. The molecule has 0 aromatic rings. The van der Waals surface area contributed by atoms with Gasteiger partial charge in [-0.25, -0.2) is 0 Å². The van der Waals surface area contributed by atoms with Crippen LogP contribution in [0.2, 0.25) is 0 Å². The Bertz CT molecular complexity index is 108. The molecule has 0 heterocycles. The molecule has 2 nitrogen and oxygen atoms in total. The van der Waals surface area contributed by atoms with E-state index in [1.54, 1.807) is 0 Å². The molecule has 2 atom stereocenters. The van der Waals surface area contributed by atoms with Gasteiger partial charge in [0.1, 0.15) is 0 Å². The Morgan fingerprint density at radius 1 is 1.45 bits per heavy atom. The highest BCUT2D eigenvalue weighted by Crippen LogP contribution is 2.14. The largest absolute Gasteiger partial charge is 0.151 e. The maximum Gasteiger partial charge on any atom is 0.0836 e. The second-order valence-electron chi connectivity index (χ2n) is 3.00. The van der Waals surface area contributed by atoms with Crippen LogP contribution in [0.1, 0.15) is 33.1 Å². The summed E-state index contributed by atoms with van der Waals surface area (Å²) in [6, 6.07) is 0. The summed E-state index contributed by atoms with van der Waals surface area (Å²) < 4.78 is 0. The van der Waals surface area contributed by atoms with E-state index in [4.69, 9.17) is 11.6 Å². The zero-order valence-electron chi connectivity index (χ0n) is 7.22. The van der Waals surface area contributed by atoms with Crippen molar-refractivity contribution >= 4 is 11.6 Å². The van der Waals surface area contributed by atoms with E-state index in [0.29, 0.717) is 12.5 Å². The first-order valence-corrected chi connectivity index (χ1v) is 4.57. The maximum absolute atomic E-state index is 9.85. The predicted molar refractivity (Wildman–Crippen MR) is 49.0 cm³/mol. The van der Waals surface area contributed by atoms with E-state index in [9.17, 15) is 4.91 Å². The van der Waals surface area contributed by atoms with Crippen LogP contribution < -0.4 is 0 Å². The molecule has 0 radical (unpaired) electrons. The molecule has 0 aromatic carbocycles. The minimum atomic E-state index is 0.268. The Kier molecular flexibility index (Phi) is 6.52. The van der Waals surface area contributed by atoms with Crippen molar-refractivity contribution in [2.24, 2.45) is 11.1 Å². The number of hydrogen-bond acceptors (Lipinski definition) is 2. The summed E-state index contributed by atoms with van der Waals surface area (Å²) in [6.07, 6.45) is 3.01. The van der Waals surface area contributed by atoms with Crippen molar-refractivity contribution < 1.29 is 0 Å². The molecule has 0 bridgehead atoms. The van der Waals surface area contributed by atoms with Gasteiger partial charge in [-0.15, -0.1) is 11.6 Å². The van der Waals surface area contributed by atoms with Gasteiger partial charge in [-0.2, -0.15) is 4.91 Å². The van der Waals surface area contributed by atoms with Gasteiger partial charge in [0.05, 0.1) is 6.54 Å². The molecule has 0 N–H and O–H groups in total. The lowest BCUT2D eigenvalue weighted by molar-refractivity contribution is 0.507. The number of nitroso groups, excluding NO2 is 1. The van der Waals surface area contributed by atoms with Crippen LogP contribution >= 0.6 is 11.6 Å². The lowest BCUT2D eigenvalue weighted by atomic mass is 10.0. The summed E-state index contributed by atoms with van der Waals surface area (Å²) in [5.41, 5.74) is 0. The summed E-state index contributed by atoms with van der Waals surface area (Å²) in [4.78, 5) is 9.85. The highest BCUT2D eigenvalue weighted by Gasteiger charge is 2.05. The molecule has 0 aliphatic carbocycles. The first kappa shape index (κ1) is 10.9. The van der Waals surface area contributed by atoms with Crippen LogP contribution in [-0.4, -0.2) is 11.9 Å². The number of nitrogens with zero attached hydrogens (tertiary/aromatic N) is 1. The molecule has 0 saturated heterocycles. The standard InChI is InChI=1S/C8H16ClNO/c1-3-8(9)5-4-7(2)6-10-11/h7-8H,3-6H2,1-2H3. The lowest BCUT2D eigenvalue weighted by Crippen LogP contribution is -2.03. The van der Waals surface area contributed by atoms with Gasteiger partial charge in [0.15, 0.2) is 0 Å². The van der Waals surface area contributed by atoms with E-state index in [-0.39, 0.29) is 5.38 Å². The van der Waals surface area contributed by atoms with E-state index in [1.807, 2.05) is 6.92 Å². The Hall–Kier alpha value is -0.110. The SMILES string of the molecule is CCC(Cl)CCC(C)CN=O. The highest BCUT2D eigenvalue weighted by molar-refractivity contribution is 6.20. The van der Waals surface area contributed by atoms with E-state index in [1.165, 1.54) is 0 Å². The van der Waals surface area contributed by atoms with Gasteiger partial charge in [0, 0.05) is 5.38 Å². The maximum atomic E-state index is 9.85. The van der Waals surface area contributed by atoms with E-state index in [2.05, 4.69) is 12.1 Å². The van der Waals surface area contributed by atoms with E-state index in [0.717, 1.165) is 19.3 Å². The molecule has 0 aliphatic rings. The van der Waals surface area contributed by atoms with Gasteiger partial charge in [0.2, 0.25) is 0 Å². The van der Waals surface area contributed by atoms with Gasteiger partial charge >= 0.3 is 0 Å². The summed E-state index contributed by atoms with van der Waals surface area (Å²) in [6.45, 7) is 4.52. The molecule has 2 unspecified atom stereocenters. The van der Waals surface area contributed by atoms with Crippen molar-refractivity contribution in [3.63, 3.8) is 0 Å². The van der Waals surface area contributed by atoms with Gasteiger partial charge in [-0.3, -0.25) is 0 Å². The van der Waals surface area contributed by atoms with Crippen LogP contribution in [0, 0.1) is 10.8 Å². The van der Waals surface area contributed by atoms with Crippen LogP contribution in [0.25, 0.3) is 0 Å². The summed E-state index contributed by atoms with van der Waals surface area (Å²) in [7, 11) is 0. The summed E-state index contributed by atoms with van der Waals surface area (Å²) >= 11 is 5.90. The minimum absolute atomic E-state index is 0.268. The van der Waals surface area contributed by atoms with Crippen molar-refractivity contribution in [2.75, 3.05) is 6.54 Å². The number of alkyl halides is 1. The second kappa shape index (κ2) is 6.59. The normalized spacial score (nSPS) is 15.9. The van der Waals surface area contributed by atoms with Crippen molar-refractivity contribution in [2.45, 2.75) is 38.5 Å². The molecule has 3 heteroatoms. The minimum Gasteiger partial charge on any atom is -0.151 e. The molecule has 11 heavy (non-hydrogen) atoms. The molecule has 0 saturated carbocycles. The third-order valence-corrected chi connectivity index (χ3v) is 2.33. The number of hydrogen-bond donors (Lipinski definition) is 0. The van der Waals surface area contributed by atoms with Crippen molar-refractivity contribution in [3.05, 3.63) is 4.91 Å². The van der Waals surface area contributed by atoms with E-state index >= 15 is 0 Å².